The number of hydrogen-bond donors (Lipinski definition) is 2. The maximum Gasteiger partial charge on any atom is 0.243 e. The number of rotatable bonds is 0. The zero-order valence-electron chi connectivity index (χ0n) is 11.6. The van der Waals surface area contributed by atoms with Crippen molar-refractivity contribution < 1.29 is 14.3 Å². The first-order valence-electron chi connectivity index (χ1n) is 7.09. The Morgan fingerprint density at radius 2 is 1.95 bits per heavy atom. The first-order chi connectivity index (χ1) is 10.8. The van der Waals surface area contributed by atoms with E-state index in [1.54, 1.807) is 12.5 Å². The minimum absolute atomic E-state index is 0.0420. The Kier molecular flexibility index (Phi) is 2.03. The molecular weight excluding hydrogens is 280 g/mol. The van der Waals surface area contributed by atoms with Crippen LogP contribution in [0.2, 0.25) is 0 Å². The van der Waals surface area contributed by atoms with Crippen molar-refractivity contribution in [3.05, 3.63) is 60.0 Å². The maximum atomic E-state index is 12.7. The van der Waals surface area contributed by atoms with Crippen LogP contribution in [-0.4, -0.2) is 12.5 Å². The van der Waals surface area contributed by atoms with Crippen LogP contribution < -0.4 is 20.1 Å². The van der Waals surface area contributed by atoms with E-state index < -0.39 is 5.41 Å². The molecule has 108 valence electrons. The smallest absolute Gasteiger partial charge is 0.243 e. The van der Waals surface area contributed by atoms with Crippen LogP contribution >= 0.6 is 0 Å². The average molecular weight is 292 g/mol. The Hall–Kier alpha value is -2.95. The summed E-state index contributed by atoms with van der Waals surface area (Å²) in [4.78, 5) is 12.7. The van der Waals surface area contributed by atoms with Crippen molar-refractivity contribution in [2.75, 3.05) is 17.2 Å². The molecule has 2 N–H and O–H groups in total. The van der Waals surface area contributed by atoms with Crippen LogP contribution in [0.5, 0.6) is 11.5 Å². The maximum absolute atomic E-state index is 12.7. The highest BCUT2D eigenvalue weighted by molar-refractivity contribution is 6.10. The fourth-order valence-corrected chi connectivity index (χ4v) is 3.45. The van der Waals surface area contributed by atoms with Crippen LogP contribution in [0, 0.1) is 0 Å². The van der Waals surface area contributed by atoms with Gasteiger partial charge < -0.3 is 20.1 Å². The molecule has 0 fully saturated rings. The highest BCUT2D eigenvalue weighted by Gasteiger charge is 2.54. The SMILES string of the molecule is O=C1Nc2ccccc2C12COc1cc3c(cc12)NC=CO3. The summed E-state index contributed by atoms with van der Waals surface area (Å²) in [5.74, 6) is 1.35. The van der Waals surface area contributed by atoms with Crippen LogP contribution in [0.25, 0.3) is 0 Å². The van der Waals surface area contributed by atoms with Crippen molar-refractivity contribution in [3.8, 4) is 11.5 Å². The van der Waals surface area contributed by atoms with E-state index in [1.165, 1.54) is 0 Å². The lowest BCUT2D eigenvalue weighted by Gasteiger charge is -2.21. The van der Waals surface area contributed by atoms with E-state index in [0.29, 0.717) is 18.1 Å². The van der Waals surface area contributed by atoms with Gasteiger partial charge in [-0.3, -0.25) is 4.79 Å². The number of benzene rings is 2. The molecule has 1 amide bonds. The molecule has 2 aromatic rings. The van der Waals surface area contributed by atoms with E-state index >= 15 is 0 Å². The third kappa shape index (κ3) is 1.26. The molecule has 3 aliphatic heterocycles. The molecule has 3 heterocycles. The molecule has 0 radical (unpaired) electrons. The van der Waals surface area contributed by atoms with E-state index in [2.05, 4.69) is 10.6 Å². The highest BCUT2D eigenvalue weighted by Crippen LogP contribution is 2.52. The van der Waals surface area contributed by atoms with Gasteiger partial charge in [0.1, 0.15) is 24.0 Å². The summed E-state index contributed by atoms with van der Waals surface area (Å²) in [6.07, 6.45) is 3.30. The van der Waals surface area contributed by atoms with Gasteiger partial charge in [-0.15, -0.1) is 0 Å². The molecule has 0 aromatic heterocycles. The van der Waals surface area contributed by atoms with E-state index in [9.17, 15) is 4.79 Å². The van der Waals surface area contributed by atoms with Gasteiger partial charge in [-0.2, -0.15) is 0 Å². The zero-order valence-corrected chi connectivity index (χ0v) is 11.6. The Bertz CT molecular complexity index is 859. The van der Waals surface area contributed by atoms with Crippen LogP contribution in [0.3, 0.4) is 0 Å². The quantitative estimate of drug-likeness (QED) is 0.783. The Morgan fingerprint density at radius 3 is 2.91 bits per heavy atom. The standard InChI is InChI=1S/C17H12N2O3/c20-16-17(10-3-1-2-4-12(10)19-16)9-22-14-8-15-13(7-11(14)17)18-5-6-21-15/h1-8,18H,9H2,(H,19,20). The average Bonchev–Trinajstić information content (AvgIpc) is 3.06. The van der Waals surface area contributed by atoms with E-state index in [-0.39, 0.29) is 5.91 Å². The molecule has 22 heavy (non-hydrogen) atoms. The van der Waals surface area contributed by atoms with Gasteiger partial charge in [-0.25, -0.2) is 0 Å². The van der Waals surface area contributed by atoms with Crippen molar-refractivity contribution in [2.45, 2.75) is 5.41 Å². The molecule has 0 saturated carbocycles. The van der Waals surface area contributed by atoms with Gasteiger partial charge >= 0.3 is 0 Å². The number of ether oxygens (including phenoxy) is 2. The molecule has 0 bridgehead atoms. The van der Waals surface area contributed by atoms with Crippen molar-refractivity contribution in [3.63, 3.8) is 0 Å². The van der Waals surface area contributed by atoms with Gasteiger partial charge in [0, 0.05) is 23.5 Å². The largest absolute Gasteiger partial charge is 0.491 e. The lowest BCUT2D eigenvalue weighted by atomic mass is 9.77. The van der Waals surface area contributed by atoms with E-state index in [4.69, 9.17) is 9.47 Å². The number of fused-ring (bicyclic) bond motifs is 5. The number of para-hydroxylation sites is 1. The predicted molar refractivity (Wildman–Crippen MR) is 81.2 cm³/mol. The summed E-state index contributed by atoms with van der Waals surface area (Å²) < 4.78 is 11.3. The summed E-state index contributed by atoms with van der Waals surface area (Å²) in [5.41, 5.74) is 2.75. The van der Waals surface area contributed by atoms with Crippen molar-refractivity contribution >= 4 is 17.3 Å². The first kappa shape index (κ1) is 11.7. The van der Waals surface area contributed by atoms with Gasteiger partial charge in [0.05, 0.1) is 5.69 Å². The van der Waals surface area contributed by atoms with Crippen molar-refractivity contribution in [1.29, 1.82) is 0 Å². The second kappa shape index (κ2) is 3.82. The van der Waals surface area contributed by atoms with Gasteiger partial charge in [-0.05, 0) is 17.7 Å². The number of nitrogens with one attached hydrogen (secondary N) is 2. The normalized spacial score (nSPS) is 23.0. The van der Waals surface area contributed by atoms with Gasteiger partial charge in [0.25, 0.3) is 0 Å². The van der Waals surface area contributed by atoms with Gasteiger partial charge in [-0.1, -0.05) is 18.2 Å². The number of amides is 1. The molecule has 3 aliphatic rings. The lowest BCUT2D eigenvalue weighted by molar-refractivity contribution is -0.119. The number of carbonyl (C=O) groups is 1. The summed E-state index contributed by atoms with van der Waals surface area (Å²) in [6, 6.07) is 11.5. The number of anilines is 2. The molecule has 2 aromatic carbocycles. The topological polar surface area (TPSA) is 59.6 Å². The Labute approximate surface area is 126 Å². The third-order valence-corrected chi connectivity index (χ3v) is 4.51. The van der Waals surface area contributed by atoms with Crippen LogP contribution in [0.4, 0.5) is 11.4 Å². The minimum Gasteiger partial charge on any atom is -0.491 e. The summed E-state index contributed by atoms with van der Waals surface area (Å²) in [5, 5.41) is 6.11. The number of hydrogen-bond acceptors (Lipinski definition) is 4. The fourth-order valence-electron chi connectivity index (χ4n) is 3.45. The number of carbonyl (C=O) groups excluding carboxylic acids is 1. The second-order valence-electron chi connectivity index (χ2n) is 5.60. The molecule has 5 rings (SSSR count). The van der Waals surface area contributed by atoms with Crippen LogP contribution in [0.15, 0.2) is 48.9 Å². The lowest BCUT2D eigenvalue weighted by Crippen LogP contribution is -2.37. The zero-order chi connectivity index (χ0) is 14.7. The summed E-state index contributed by atoms with van der Waals surface area (Å²) in [7, 11) is 0. The highest BCUT2D eigenvalue weighted by atomic mass is 16.5. The molecule has 5 nitrogen and oxygen atoms in total. The molecule has 1 atom stereocenters. The fraction of sp³-hybridized carbons (Fsp3) is 0.118. The van der Waals surface area contributed by atoms with Crippen molar-refractivity contribution in [2.24, 2.45) is 0 Å². The second-order valence-corrected chi connectivity index (χ2v) is 5.60. The summed E-state index contributed by atoms with van der Waals surface area (Å²) in [6.45, 7) is 0.307. The van der Waals surface area contributed by atoms with Crippen LogP contribution in [0.1, 0.15) is 11.1 Å². The van der Waals surface area contributed by atoms with Gasteiger partial charge in [0.15, 0.2) is 5.75 Å². The van der Waals surface area contributed by atoms with Crippen LogP contribution in [-0.2, 0) is 10.2 Å². The Morgan fingerprint density at radius 1 is 1.05 bits per heavy atom. The van der Waals surface area contributed by atoms with Crippen molar-refractivity contribution in [1.82, 2.24) is 0 Å². The van der Waals surface area contributed by atoms with E-state index in [1.807, 2.05) is 36.4 Å². The first-order valence-corrected chi connectivity index (χ1v) is 7.09. The third-order valence-electron chi connectivity index (χ3n) is 4.51. The molecule has 5 heteroatoms. The monoisotopic (exact) mass is 292 g/mol. The summed E-state index contributed by atoms with van der Waals surface area (Å²) >= 11 is 0. The molecule has 0 saturated heterocycles. The Balaban J connectivity index is 1.77. The molecule has 1 spiro atoms. The predicted octanol–water partition coefficient (Wildman–Crippen LogP) is 2.59. The molecule has 0 aliphatic carbocycles. The van der Waals surface area contributed by atoms with Gasteiger partial charge in [0.2, 0.25) is 5.91 Å². The molecular formula is C17H12N2O3. The minimum atomic E-state index is -0.774. The molecule has 1 unspecified atom stereocenters. The van der Waals surface area contributed by atoms with E-state index in [0.717, 1.165) is 22.5 Å².